The molecule has 1 heterocycles. The second-order valence-electron chi connectivity index (χ2n) is 4.60. The molecule has 0 amide bonds. The van der Waals surface area contributed by atoms with Crippen molar-refractivity contribution >= 4 is 17.4 Å². The van der Waals surface area contributed by atoms with E-state index in [1.165, 1.54) is 17.5 Å². The van der Waals surface area contributed by atoms with Crippen molar-refractivity contribution < 1.29 is 4.74 Å². The van der Waals surface area contributed by atoms with E-state index in [1.807, 2.05) is 26.0 Å². The van der Waals surface area contributed by atoms with Gasteiger partial charge in [-0.15, -0.1) is 0 Å². The molecule has 0 unspecified atom stereocenters. The van der Waals surface area contributed by atoms with E-state index in [-0.39, 0.29) is 0 Å². The number of benzene rings is 1. The highest BCUT2D eigenvalue weighted by atomic mass is 35.5. The van der Waals surface area contributed by atoms with Crippen LogP contribution in [-0.2, 0) is 24.3 Å². The van der Waals surface area contributed by atoms with Gasteiger partial charge < -0.3 is 10.1 Å². The third-order valence-corrected chi connectivity index (χ3v) is 3.60. The van der Waals surface area contributed by atoms with Crippen molar-refractivity contribution in [3.05, 3.63) is 52.4 Å². The van der Waals surface area contributed by atoms with Gasteiger partial charge in [-0.1, -0.05) is 42.8 Å². The Balaban J connectivity index is 2.11. The number of anilines is 1. The summed E-state index contributed by atoms with van der Waals surface area (Å²) < 4.78 is 5.50. The number of aromatic nitrogens is 2. The van der Waals surface area contributed by atoms with Gasteiger partial charge >= 0.3 is 0 Å². The van der Waals surface area contributed by atoms with Crippen molar-refractivity contribution in [1.29, 1.82) is 0 Å². The van der Waals surface area contributed by atoms with Crippen LogP contribution in [0.25, 0.3) is 0 Å². The fraction of sp³-hybridized carbons (Fsp3) is 0.375. The van der Waals surface area contributed by atoms with Crippen LogP contribution in [0, 0.1) is 0 Å². The van der Waals surface area contributed by atoms with Gasteiger partial charge in [-0.25, -0.2) is 9.97 Å². The van der Waals surface area contributed by atoms with Gasteiger partial charge in [0.2, 0.25) is 0 Å². The van der Waals surface area contributed by atoms with Crippen LogP contribution in [0.3, 0.4) is 0 Å². The van der Waals surface area contributed by atoms with Crippen molar-refractivity contribution in [3.8, 4) is 0 Å². The highest BCUT2D eigenvalue weighted by Crippen LogP contribution is 2.21. The average molecular weight is 306 g/mol. The second kappa shape index (κ2) is 7.96. The Morgan fingerprint density at radius 3 is 2.62 bits per heavy atom. The summed E-state index contributed by atoms with van der Waals surface area (Å²) in [6.45, 7) is 6.06. The second-order valence-corrected chi connectivity index (χ2v) is 4.96. The van der Waals surface area contributed by atoms with Crippen LogP contribution in [0.4, 0.5) is 5.82 Å². The van der Waals surface area contributed by atoms with Crippen molar-refractivity contribution in [2.75, 3.05) is 11.9 Å². The van der Waals surface area contributed by atoms with Crippen molar-refractivity contribution in [2.24, 2.45) is 0 Å². The fourth-order valence-electron chi connectivity index (χ4n) is 2.12. The molecule has 0 atom stereocenters. The lowest BCUT2D eigenvalue weighted by Crippen LogP contribution is -2.08. The molecule has 0 aliphatic rings. The summed E-state index contributed by atoms with van der Waals surface area (Å²) in [7, 11) is 0. The maximum atomic E-state index is 6.10. The molecule has 2 aromatic rings. The van der Waals surface area contributed by atoms with E-state index in [1.54, 1.807) is 0 Å². The molecule has 0 aliphatic carbocycles. The molecule has 5 heteroatoms. The predicted molar refractivity (Wildman–Crippen MR) is 85.5 cm³/mol. The third kappa shape index (κ3) is 4.16. The number of hydrogen-bond acceptors (Lipinski definition) is 4. The molecule has 0 saturated carbocycles. The monoisotopic (exact) mass is 305 g/mol. The van der Waals surface area contributed by atoms with Gasteiger partial charge in [-0.3, -0.25) is 0 Å². The van der Waals surface area contributed by atoms with Crippen molar-refractivity contribution in [3.63, 3.8) is 0 Å². The topological polar surface area (TPSA) is 47.0 Å². The lowest BCUT2D eigenvalue weighted by Gasteiger charge is -2.13. The van der Waals surface area contributed by atoms with E-state index in [4.69, 9.17) is 16.3 Å². The van der Waals surface area contributed by atoms with E-state index < -0.39 is 0 Å². The Kier molecular flexibility index (Phi) is 5.96. The molecule has 4 nitrogen and oxygen atoms in total. The van der Waals surface area contributed by atoms with Gasteiger partial charge in [0.05, 0.1) is 6.61 Å². The van der Waals surface area contributed by atoms with Gasteiger partial charge in [-0.2, -0.15) is 0 Å². The Labute approximate surface area is 130 Å². The molecule has 1 aromatic heterocycles. The molecule has 0 fully saturated rings. The summed E-state index contributed by atoms with van der Waals surface area (Å²) in [6, 6.07) is 8.23. The number of hydrogen-bond donors (Lipinski definition) is 1. The Hall–Kier alpha value is -1.65. The minimum absolute atomic E-state index is 0.512. The van der Waals surface area contributed by atoms with E-state index in [0.29, 0.717) is 24.9 Å². The Bertz CT molecular complexity index is 589. The summed E-state index contributed by atoms with van der Waals surface area (Å²) in [5.74, 6) is 0.795. The van der Waals surface area contributed by atoms with Crippen LogP contribution in [-0.4, -0.2) is 16.6 Å². The van der Waals surface area contributed by atoms with Gasteiger partial charge in [0, 0.05) is 18.7 Å². The van der Waals surface area contributed by atoms with Crippen molar-refractivity contribution in [1.82, 2.24) is 9.97 Å². The first-order valence-corrected chi connectivity index (χ1v) is 7.51. The number of rotatable bonds is 7. The Morgan fingerprint density at radius 1 is 1.14 bits per heavy atom. The largest absolute Gasteiger partial charge is 0.377 e. The van der Waals surface area contributed by atoms with Crippen LogP contribution in [0.2, 0.25) is 5.15 Å². The number of ether oxygens (including phenoxy) is 1. The highest BCUT2D eigenvalue weighted by molar-refractivity contribution is 6.30. The molecule has 1 aromatic carbocycles. The van der Waals surface area contributed by atoms with Gasteiger partial charge in [0.25, 0.3) is 0 Å². The quantitative estimate of drug-likeness (QED) is 0.790. The molecule has 2 rings (SSSR count). The fourth-order valence-corrected chi connectivity index (χ4v) is 2.38. The van der Waals surface area contributed by atoms with Crippen LogP contribution < -0.4 is 5.32 Å². The van der Waals surface area contributed by atoms with E-state index in [0.717, 1.165) is 17.8 Å². The first-order valence-electron chi connectivity index (χ1n) is 7.14. The summed E-state index contributed by atoms with van der Waals surface area (Å²) in [6.07, 6.45) is 2.28. The average Bonchev–Trinajstić information content (AvgIpc) is 2.51. The van der Waals surface area contributed by atoms with Crippen LogP contribution in [0.15, 0.2) is 30.6 Å². The molecular formula is C16H20ClN3O. The minimum atomic E-state index is 0.512. The number of nitrogens with zero attached hydrogens (tertiary/aromatic N) is 2. The third-order valence-electron chi connectivity index (χ3n) is 3.27. The molecule has 1 N–H and O–H groups in total. The lowest BCUT2D eigenvalue weighted by molar-refractivity contribution is 0.133. The van der Waals surface area contributed by atoms with Gasteiger partial charge in [-0.05, 0) is 24.5 Å². The van der Waals surface area contributed by atoms with Crippen LogP contribution in [0.1, 0.15) is 30.5 Å². The zero-order valence-electron chi connectivity index (χ0n) is 12.4. The van der Waals surface area contributed by atoms with Crippen LogP contribution in [0.5, 0.6) is 0 Å². The first kappa shape index (κ1) is 15.7. The highest BCUT2D eigenvalue weighted by Gasteiger charge is 2.08. The minimum Gasteiger partial charge on any atom is -0.377 e. The zero-order chi connectivity index (χ0) is 15.1. The molecular weight excluding hydrogens is 286 g/mol. The summed E-state index contributed by atoms with van der Waals surface area (Å²) in [5.41, 5.74) is 3.33. The van der Waals surface area contributed by atoms with Gasteiger partial charge in [0.1, 0.15) is 17.3 Å². The lowest BCUT2D eigenvalue weighted by atomic mass is 10.1. The summed E-state index contributed by atoms with van der Waals surface area (Å²) in [5, 5.41) is 3.86. The normalized spacial score (nSPS) is 10.6. The van der Waals surface area contributed by atoms with Crippen LogP contribution >= 0.6 is 11.6 Å². The van der Waals surface area contributed by atoms with E-state index >= 15 is 0 Å². The number of nitrogens with one attached hydrogen (secondary N) is 1. The molecule has 0 bridgehead atoms. The maximum absolute atomic E-state index is 6.10. The van der Waals surface area contributed by atoms with E-state index in [2.05, 4.69) is 27.4 Å². The SMILES string of the molecule is CCOCc1ccccc1CNc1ncnc(Cl)c1CC. The standard InChI is InChI=1S/C16H20ClN3O/c1-3-14-15(17)19-11-20-16(14)18-9-12-7-5-6-8-13(12)10-21-4-2/h5-8,11H,3-4,9-10H2,1-2H3,(H,18,19,20). The smallest absolute Gasteiger partial charge is 0.137 e. The summed E-state index contributed by atoms with van der Waals surface area (Å²) >= 11 is 6.10. The molecule has 0 radical (unpaired) electrons. The first-order chi connectivity index (χ1) is 10.3. The van der Waals surface area contributed by atoms with E-state index in [9.17, 15) is 0 Å². The number of halogens is 1. The molecule has 112 valence electrons. The maximum Gasteiger partial charge on any atom is 0.137 e. The van der Waals surface area contributed by atoms with Gasteiger partial charge in [0.15, 0.2) is 0 Å². The molecule has 0 aliphatic heterocycles. The molecule has 0 spiro atoms. The van der Waals surface area contributed by atoms with Crippen molar-refractivity contribution in [2.45, 2.75) is 33.4 Å². The molecule has 0 saturated heterocycles. The Morgan fingerprint density at radius 2 is 1.90 bits per heavy atom. The predicted octanol–water partition coefficient (Wildman–Crippen LogP) is 3.84. The summed E-state index contributed by atoms with van der Waals surface area (Å²) in [4.78, 5) is 8.30. The molecule has 21 heavy (non-hydrogen) atoms. The zero-order valence-corrected chi connectivity index (χ0v) is 13.2.